The van der Waals surface area contributed by atoms with Crippen molar-refractivity contribution in [2.45, 2.75) is 25.3 Å². The fraction of sp³-hybridized carbons (Fsp3) is 1.00. The number of hydrogen-bond donors (Lipinski definition) is 3. The zero-order chi connectivity index (χ0) is 7.23. The van der Waals surface area contributed by atoms with Gasteiger partial charge in [-0.25, -0.2) is 0 Å². The molecule has 10 heavy (non-hydrogen) atoms. The third kappa shape index (κ3) is 3.14. The Kier molecular flexibility index (Phi) is 4.61. The highest BCUT2D eigenvalue weighted by molar-refractivity contribution is 8.67. The molecule has 1 unspecified atom stereocenters. The zero-order valence-electron chi connectivity index (χ0n) is 5.97. The third-order valence-electron chi connectivity index (χ3n) is 1.80. The molecule has 0 bridgehead atoms. The average Bonchev–Trinajstić information content (AvgIpc) is 2.17. The van der Waals surface area contributed by atoms with Crippen LogP contribution in [0.4, 0.5) is 0 Å². The van der Waals surface area contributed by atoms with Gasteiger partial charge in [-0.15, -0.1) is 0 Å². The summed E-state index contributed by atoms with van der Waals surface area (Å²) < 4.78 is 3.27. The second-order valence-electron chi connectivity index (χ2n) is 2.59. The van der Waals surface area contributed by atoms with Crippen molar-refractivity contribution in [3.05, 3.63) is 0 Å². The van der Waals surface area contributed by atoms with Crippen molar-refractivity contribution in [3.63, 3.8) is 0 Å². The van der Waals surface area contributed by atoms with Crippen LogP contribution in [0.2, 0.25) is 0 Å². The van der Waals surface area contributed by atoms with E-state index in [2.05, 4.69) is 21.7 Å². The van der Waals surface area contributed by atoms with Gasteiger partial charge in [0.2, 0.25) is 0 Å². The average molecular weight is 178 g/mol. The second kappa shape index (κ2) is 5.29. The van der Waals surface area contributed by atoms with Gasteiger partial charge < -0.3 is 5.32 Å². The van der Waals surface area contributed by atoms with Crippen molar-refractivity contribution in [2.75, 3.05) is 13.1 Å². The summed E-state index contributed by atoms with van der Waals surface area (Å²) in [5.41, 5.74) is 0. The molecule has 1 heterocycles. The highest BCUT2D eigenvalue weighted by atomic mass is 33.1. The van der Waals surface area contributed by atoms with Crippen molar-refractivity contribution in [2.24, 2.45) is 0 Å². The molecule has 2 nitrogen and oxygen atoms in total. The molecule has 1 aliphatic rings. The van der Waals surface area contributed by atoms with Gasteiger partial charge in [0.15, 0.2) is 0 Å². The van der Waals surface area contributed by atoms with E-state index in [4.69, 9.17) is 0 Å². The predicted octanol–water partition coefficient (Wildman–Crippen LogP) is 1.21. The van der Waals surface area contributed by atoms with E-state index in [1.807, 2.05) is 0 Å². The van der Waals surface area contributed by atoms with E-state index < -0.39 is 0 Å². The van der Waals surface area contributed by atoms with Gasteiger partial charge in [0, 0.05) is 6.04 Å². The molecule has 1 saturated heterocycles. The van der Waals surface area contributed by atoms with Crippen LogP contribution in [0.15, 0.2) is 0 Å². The molecule has 0 aromatic heterocycles. The summed E-state index contributed by atoms with van der Waals surface area (Å²) in [4.78, 5) is 0. The second-order valence-corrected chi connectivity index (χ2v) is 3.55. The lowest BCUT2D eigenvalue weighted by molar-refractivity contribution is 0.567. The Morgan fingerprint density at radius 3 is 3.10 bits per heavy atom. The third-order valence-corrected chi connectivity index (χ3v) is 2.55. The van der Waals surface area contributed by atoms with Gasteiger partial charge in [-0.1, -0.05) is 11.7 Å². The lowest BCUT2D eigenvalue weighted by atomic mass is 10.1. The van der Waals surface area contributed by atoms with Gasteiger partial charge >= 0.3 is 0 Å². The van der Waals surface area contributed by atoms with Crippen LogP contribution < -0.4 is 10.0 Å². The summed E-state index contributed by atoms with van der Waals surface area (Å²) in [6, 6.07) is 0.664. The SMILES string of the molecule is SSNC1CCCNCC1. The first-order valence-corrected chi connectivity index (χ1v) is 5.57. The monoisotopic (exact) mass is 178 g/mol. The Hall–Kier alpha value is 0.620. The van der Waals surface area contributed by atoms with Crippen LogP contribution in [0.25, 0.3) is 0 Å². The lowest BCUT2D eigenvalue weighted by Gasteiger charge is -2.11. The molecule has 0 radical (unpaired) electrons. The van der Waals surface area contributed by atoms with Crippen LogP contribution in [-0.4, -0.2) is 19.1 Å². The number of hydrogen-bond acceptors (Lipinski definition) is 4. The molecule has 1 fully saturated rings. The number of rotatable bonds is 2. The quantitative estimate of drug-likeness (QED) is 0.337. The van der Waals surface area contributed by atoms with E-state index in [1.54, 1.807) is 0 Å². The van der Waals surface area contributed by atoms with E-state index in [0.29, 0.717) is 6.04 Å². The molecule has 4 heteroatoms. The number of thiol groups is 1. The van der Waals surface area contributed by atoms with E-state index in [0.717, 1.165) is 6.54 Å². The smallest absolute Gasteiger partial charge is 0.0192 e. The topological polar surface area (TPSA) is 24.1 Å². The molecule has 60 valence electrons. The maximum Gasteiger partial charge on any atom is 0.0192 e. The number of nitrogens with one attached hydrogen (secondary N) is 2. The molecule has 0 spiro atoms. The molecule has 0 aliphatic carbocycles. The predicted molar refractivity (Wildman–Crippen MR) is 50.2 cm³/mol. The maximum atomic E-state index is 4.05. The molecule has 2 N–H and O–H groups in total. The van der Waals surface area contributed by atoms with Crippen LogP contribution in [-0.2, 0) is 0 Å². The summed E-state index contributed by atoms with van der Waals surface area (Å²) in [6.45, 7) is 2.32. The molecule has 1 atom stereocenters. The maximum absolute atomic E-state index is 4.05. The Morgan fingerprint density at radius 1 is 1.40 bits per heavy atom. The molecule has 0 aromatic carbocycles. The van der Waals surface area contributed by atoms with E-state index >= 15 is 0 Å². The standard InChI is InChI=1S/C6H14N2S2/c9-10-8-6-2-1-4-7-5-3-6/h6-9H,1-5H2. The van der Waals surface area contributed by atoms with Gasteiger partial charge in [0.25, 0.3) is 0 Å². The van der Waals surface area contributed by atoms with Crippen molar-refractivity contribution >= 4 is 22.6 Å². The Labute approximate surface area is 71.5 Å². The fourth-order valence-corrected chi connectivity index (χ4v) is 2.04. The minimum absolute atomic E-state index is 0.664. The Bertz CT molecular complexity index is 81.8. The van der Waals surface area contributed by atoms with Gasteiger partial charge in [0.05, 0.1) is 0 Å². The van der Waals surface area contributed by atoms with Crippen molar-refractivity contribution < 1.29 is 0 Å². The molecule has 1 aliphatic heterocycles. The van der Waals surface area contributed by atoms with Crippen molar-refractivity contribution in [1.29, 1.82) is 0 Å². The molecular weight excluding hydrogens is 164 g/mol. The first-order valence-electron chi connectivity index (χ1n) is 3.70. The first-order chi connectivity index (χ1) is 4.93. The molecule has 0 amide bonds. The summed E-state index contributed by atoms with van der Waals surface area (Å²) in [5.74, 6) is 0. The van der Waals surface area contributed by atoms with Crippen LogP contribution in [0.5, 0.6) is 0 Å². The minimum Gasteiger partial charge on any atom is -0.317 e. The highest BCUT2D eigenvalue weighted by Crippen LogP contribution is 2.09. The lowest BCUT2D eigenvalue weighted by Crippen LogP contribution is -2.23. The van der Waals surface area contributed by atoms with Crippen LogP contribution in [0, 0.1) is 0 Å². The van der Waals surface area contributed by atoms with Crippen molar-refractivity contribution in [3.8, 4) is 0 Å². The van der Waals surface area contributed by atoms with E-state index in [-0.39, 0.29) is 0 Å². The zero-order valence-corrected chi connectivity index (χ0v) is 7.68. The summed E-state index contributed by atoms with van der Waals surface area (Å²) in [5, 5.41) is 3.36. The summed E-state index contributed by atoms with van der Waals surface area (Å²) in [6.07, 6.45) is 3.79. The van der Waals surface area contributed by atoms with E-state index in [9.17, 15) is 0 Å². The van der Waals surface area contributed by atoms with Gasteiger partial charge in [0.1, 0.15) is 0 Å². The Morgan fingerprint density at radius 2 is 2.30 bits per heavy atom. The minimum atomic E-state index is 0.664. The van der Waals surface area contributed by atoms with Crippen LogP contribution >= 0.6 is 22.6 Å². The normalized spacial score (nSPS) is 27.9. The Balaban J connectivity index is 2.15. The largest absolute Gasteiger partial charge is 0.317 e. The first kappa shape index (κ1) is 8.71. The van der Waals surface area contributed by atoms with Crippen LogP contribution in [0.1, 0.15) is 19.3 Å². The van der Waals surface area contributed by atoms with Gasteiger partial charge in [-0.05, 0) is 43.3 Å². The van der Waals surface area contributed by atoms with Crippen molar-refractivity contribution in [1.82, 2.24) is 10.0 Å². The fourth-order valence-electron chi connectivity index (χ4n) is 1.21. The summed E-state index contributed by atoms with van der Waals surface area (Å²) in [7, 11) is 1.43. The molecule has 0 saturated carbocycles. The molecule has 0 aromatic rings. The van der Waals surface area contributed by atoms with Gasteiger partial charge in [-0.2, -0.15) is 0 Å². The van der Waals surface area contributed by atoms with Gasteiger partial charge in [-0.3, -0.25) is 4.72 Å². The summed E-state index contributed by atoms with van der Waals surface area (Å²) >= 11 is 4.05. The molecule has 1 rings (SSSR count). The van der Waals surface area contributed by atoms with E-state index in [1.165, 1.54) is 36.8 Å². The molecular formula is C6H14N2S2. The highest BCUT2D eigenvalue weighted by Gasteiger charge is 2.09. The van der Waals surface area contributed by atoms with Crippen LogP contribution in [0.3, 0.4) is 0 Å².